The predicted molar refractivity (Wildman–Crippen MR) is 73.1 cm³/mol. The molecule has 5 nitrogen and oxygen atoms in total. The third-order valence-electron chi connectivity index (χ3n) is 2.71. The first kappa shape index (κ1) is 12.9. The third-order valence-corrected chi connectivity index (χ3v) is 2.71. The van der Waals surface area contributed by atoms with Crippen LogP contribution in [0.2, 0.25) is 0 Å². The van der Waals surface area contributed by atoms with Gasteiger partial charge in [0, 0.05) is 18.3 Å². The minimum atomic E-state index is -0.504. The van der Waals surface area contributed by atoms with E-state index in [1.54, 1.807) is 25.4 Å². The normalized spacial score (nSPS) is 9.95. The summed E-state index contributed by atoms with van der Waals surface area (Å²) >= 11 is 0. The van der Waals surface area contributed by atoms with E-state index < -0.39 is 5.91 Å². The third kappa shape index (κ3) is 3.01. The van der Waals surface area contributed by atoms with Crippen LogP contribution in [0.3, 0.4) is 0 Å². The van der Waals surface area contributed by atoms with E-state index in [0.717, 1.165) is 11.3 Å². The Kier molecular flexibility index (Phi) is 3.97. The Morgan fingerprint density at radius 1 is 1.32 bits per heavy atom. The van der Waals surface area contributed by atoms with Gasteiger partial charge in [0.2, 0.25) is 0 Å². The van der Waals surface area contributed by atoms with Crippen molar-refractivity contribution in [2.45, 2.75) is 6.54 Å². The maximum atomic E-state index is 11.3. The number of benzene rings is 1. The molecule has 0 saturated carbocycles. The molecule has 0 aliphatic rings. The molecule has 0 radical (unpaired) electrons. The van der Waals surface area contributed by atoms with Gasteiger partial charge in [-0.2, -0.15) is 0 Å². The fourth-order valence-electron chi connectivity index (χ4n) is 1.77. The van der Waals surface area contributed by atoms with Crippen LogP contribution in [0.15, 0.2) is 42.6 Å². The quantitative estimate of drug-likeness (QED) is 0.856. The number of anilines is 1. The summed E-state index contributed by atoms with van der Waals surface area (Å²) in [5, 5.41) is 3.09. The molecular formula is C14H15N3O2. The standard InChI is InChI=1S/C14H15N3O2/c1-19-12-7-3-2-5-10(12)9-17-14-11(13(15)18)6-4-8-16-14/h2-8H,9H2,1H3,(H2,15,18)(H,16,17). The number of nitrogens with one attached hydrogen (secondary N) is 1. The maximum Gasteiger partial charge on any atom is 0.252 e. The van der Waals surface area contributed by atoms with Crippen molar-refractivity contribution >= 4 is 11.7 Å². The summed E-state index contributed by atoms with van der Waals surface area (Å²) in [5.74, 6) is 0.753. The molecule has 1 aromatic carbocycles. The molecule has 3 N–H and O–H groups in total. The Bertz CT molecular complexity index is 584. The molecule has 1 heterocycles. The minimum absolute atomic E-state index is 0.373. The zero-order valence-corrected chi connectivity index (χ0v) is 10.6. The van der Waals surface area contributed by atoms with Gasteiger partial charge in [0.1, 0.15) is 11.6 Å². The lowest BCUT2D eigenvalue weighted by atomic mass is 10.2. The van der Waals surface area contributed by atoms with Crippen LogP contribution in [0.1, 0.15) is 15.9 Å². The number of aromatic nitrogens is 1. The highest BCUT2D eigenvalue weighted by molar-refractivity contribution is 5.97. The number of carbonyl (C=O) groups excluding carboxylic acids is 1. The van der Waals surface area contributed by atoms with Gasteiger partial charge in [-0.15, -0.1) is 0 Å². The molecule has 0 spiro atoms. The number of nitrogens with two attached hydrogens (primary N) is 1. The number of nitrogens with zero attached hydrogens (tertiary/aromatic N) is 1. The van der Waals surface area contributed by atoms with Crippen molar-refractivity contribution in [2.75, 3.05) is 12.4 Å². The molecule has 5 heteroatoms. The van der Waals surface area contributed by atoms with Crippen LogP contribution < -0.4 is 15.8 Å². The van der Waals surface area contributed by atoms with Crippen molar-refractivity contribution in [3.8, 4) is 5.75 Å². The summed E-state index contributed by atoms with van der Waals surface area (Å²) in [4.78, 5) is 15.4. The van der Waals surface area contributed by atoms with Gasteiger partial charge in [-0.25, -0.2) is 4.98 Å². The van der Waals surface area contributed by atoms with Gasteiger partial charge < -0.3 is 15.8 Å². The van der Waals surface area contributed by atoms with E-state index in [4.69, 9.17) is 10.5 Å². The number of pyridine rings is 1. The highest BCUT2D eigenvalue weighted by Gasteiger charge is 2.09. The van der Waals surface area contributed by atoms with E-state index >= 15 is 0 Å². The lowest BCUT2D eigenvalue weighted by Gasteiger charge is -2.11. The molecule has 0 fully saturated rings. The number of hydrogen-bond donors (Lipinski definition) is 2. The second kappa shape index (κ2) is 5.86. The monoisotopic (exact) mass is 257 g/mol. The molecule has 0 atom stereocenters. The number of hydrogen-bond acceptors (Lipinski definition) is 4. The van der Waals surface area contributed by atoms with Gasteiger partial charge in [-0.05, 0) is 18.2 Å². The SMILES string of the molecule is COc1ccccc1CNc1ncccc1C(N)=O. The number of amides is 1. The molecule has 19 heavy (non-hydrogen) atoms. The number of methoxy groups -OCH3 is 1. The first-order valence-corrected chi connectivity index (χ1v) is 5.83. The average Bonchev–Trinajstić information content (AvgIpc) is 2.45. The molecular weight excluding hydrogens is 242 g/mol. The van der Waals surface area contributed by atoms with Gasteiger partial charge >= 0.3 is 0 Å². The second-order valence-electron chi connectivity index (χ2n) is 3.93. The summed E-state index contributed by atoms with van der Waals surface area (Å²) in [6.07, 6.45) is 1.61. The molecule has 98 valence electrons. The largest absolute Gasteiger partial charge is 0.496 e. The van der Waals surface area contributed by atoms with E-state index in [0.29, 0.717) is 17.9 Å². The number of para-hydroxylation sites is 1. The molecule has 0 saturated heterocycles. The van der Waals surface area contributed by atoms with Crippen LogP contribution in [0.4, 0.5) is 5.82 Å². The van der Waals surface area contributed by atoms with E-state index in [9.17, 15) is 4.79 Å². The molecule has 0 aliphatic heterocycles. The van der Waals surface area contributed by atoms with Crippen LogP contribution >= 0.6 is 0 Å². The van der Waals surface area contributed by atoms with E-state index in [1.807, 2.05) is 24.3 Å². The number of carbonyl (C=O) groups is 1. The summed E-state index contributed by atoms with van der Waals surface area (Å²) < 4.78 is 5.26. The van der Waals surface area contributed by atoms with Crippen LogP contribution in [-0.4, -0.2) is 18.0 Å². The van der Waals surface area contributed by atoms with Gasteiger partial charge in [0.05, 0.1) is 12.7 Å². The summed E-state index contributed by atoms with van der Waals surface area (Å²) in [5.41, 5.74) is 6.65. The summed E-state index contributed by atoms with van der Waals surface area (Å²) in [6.45, 7) is 0.501. The fourth-order valence-corrected chi connectivity index (χ4v) is 1.77. The molecule has 0 aliphatic carbocycles. The number of primary amides is 1. The first-order valence-electron chi connectivity index (χ1n) is 5.83. The summed E-state index contributed by atoms with van der Waals surface area (Å²) in [7, 11) is 1.62. The van der Waals surface area contributed by atoms with Crippen molar-refractivity contribution in [1.82, 2.24) is 4.98 Å². The van der Waals surface area contributed by atoms with Crippen molar-refractivity contribution in [3.63, 3.8) is 0 Å². The number of rotatable bonds is 5. The molecule has 1 amide bonds. The Labute approximate surface area is 111 Å². The molecule has 2 aromatic rings. The second-order valence-corrected chi connectivity index (χ2v) is 3.93. The fraction of sp³-hybridized carbons (Fsp3) is 0.143. The van der Waals surface area contributed by atoms with Gasteiger partial charge in [0.15, 0.2) is 0 Å². The van der Waals surface area contributed by atoms with Crippen molar-refractivity contribution in [2.24, 2.45) is 5.73 Å². The van der Waals surface area contributed by atoms with Crippen LogP contribution in [0, 0.1) is 0 Å². The van der Waals surface area contributed by atoms with Gasteiger partial charge in [-0.1, -0.05) is 18.2 Å². The molecule has 1 aromatic heterocycles. The molecule has 2 rings (SSSR count). The maximum absolute atomic E-state index is 11.3. The van der Waals surface area contributed by atoms with Crippen LogP contribution in [0.5, 0.6) is 5.75 Å². The average molecular weight is 257 g/mol. The zero-order valence-electron chi connectivity index (χ0n) is 10.6. The van der Waals surface area contributed by atoms with E-state index in [-0.39, 0.29) is 0 Å². The lowest BCUT2D eigenvalue weighted by molar-refractivity contribution is 0.100. The predicted octanol–water partition coefficient (Wildman–Crippen LogP) is 1.80. The highest BCUT2D eigenvalue weighted by atomic mass is 16.5. The van der Waals surface area contributed by atoms with Crippen LogP contribution in [-0.2, 0) is 6.54 Å². The van der Waals surface area contributed by atoms with Gasteiger partial charge in [-0.3, -0.25) is 4.79 Å². The Hall–Kier alpha value is -2.56. The lowest BCUT2D eigenvalue weighted by Crippen LogP contribution is -2.15. The van der Waals surface area contributed by atoms with Crippen molar-refractivity contribution in [3.05, 3.63) is 53.7 Å². The van der Waals surface area contributed by atoms with Crippen molar-refractivity contribution < 1.29 is 9.53 Å². The summed E-state index contributed by atoms with van der Waals surface area (Å²) in [6, 6.07) is 11.0. The smallest absolute Gasteiger partial charge is 0.252 e. The van der Waals surface area contributed by atoms with E-state index in [1.165, 1.54) is 0 Å². The first-order chi connectivity index (χ1) is 9.22. The highest BCUT2D eigenvalue weighted by Crippen LogP contribution is 2.19. The Balaban J connectivity index is 2.17. The van der Waals surface area contributed by atoms with Gasteiger partial charge in [0.25, 0.3) is 5.91 Å². The molecule has 0 bridgehead atoms. The number of ether oxygens (including phenoxy) is 1. The minimum Gasteiger partial charge on any atom is -0.496 e. The zero-order chi connectivity index (χ0) is 13.7. The van der Waals surface area contributed by atoms with Crippen molar-refractivity contribution in [1.29, 1.82) is 0 Å². The Morgan fingerprint density at radius 2 is 2.11 bits per heavy atom. The Morgan fingerprint density at radius 3 is 2.84 bits per heavy atom. The van der Waals surface area contributed by atoms with Crippen LogP contribution in [0.25, 0.3) is 0 Å². The molecule has 0 unspecified atom stereocenters. The topological polar surface area (TPSA) is 77.2 Å². The van der Waals surface area contributed by atoms with E-state index in [2.05, 4.69) is 10.3 Å².